The molecule has 0 atom stereocenters. The average molecular weight is 483 g/mol. The Balaban J connectivity index is 1.42. The maximum absolute atomic E-state index is 13.3. The number of anilines is 1. The monoisotopic (exact) mass is 482 g/mol. The third-order valence-corrected chi connectivity index (χ3v) is 6.40. The normalized spacial score (nSPS) is 12.3. The van der Waals surface area contributed by atoms with Crippen LogP contribution in [-0.4, -0.2) is 53.2 Å². The summed E-state index contributed by atoms with van der Waals surface area (Å²) in [6, 6.07) is 8.66. The van der Waals surface area contributed by atoms with Crippen molar-refractivity contribution in [3.05, 3.63) is 59.1 Å². The van der Waals surface area contributed by atoms with Crippen molar-refractivity contribution in [3.8, 4) is 11.5 Å². The largest absolute Gasteiger partial charge is 0.486 e. The molecule has 0 radical (unpaired) electrons. The first-order valence-electron chi connectivity index (χ1n) is 10.9. The summed E-state index contributed by atoms with van der Waals surface area (Å²) < 4.78 is 16.3. The first kappa shape index (κ1) is 23.6. The second-order valence-corrected chi connectivity index (χ2v) is 8.64. The van der Waals surface area contributed by atoms with Crippen LogP contribution >= 0.6 is 11.8 Å². The molecular weight excluding hydrogens is 456 g/mol. The lowest BCUT2D eigenvalue weighted by Crippen LogP contribution is -2.38. The molecule has 3 aromatic rings. The number of aryl methyl sites for hydroxylation is 2. The maximum atomic E-state index is 13.3. The second kappa shape index (κ2) is 10.6. The number of nitrogens with zero attached hydrogens (tertiary/aromatic N) is 3. The van der Waals surface area contributed by atoms with Crippen LogP contribution in [0.1, 0.15) is 34.3 Å². The molecule has 0 saturated carbocycles. The van der Waals surface area contributed by atoms with Gasteiger partial charge in [0.25, 0.3) is 5.91 Å². The summed E-state index contributed by atoms with van der Waals surface area (Å²) in [5.41, 5.74) is 2.84. The number of ether oxygens (including phenoxy) is 2. The highest BCUT2D eigenvalue weighted by molar-refractivity contribution is 7.98. The topological polar surface area (TPSA) is 107 Å². The summed E-state index contributed by atoms with van der Waals surface area (Å²) in [6.07, 6.45) is 1.65. The lowest BCUT2D eigenvalue weighted by atomic mass is 10.2. The van der Waals surface area contributed by atoms with Crippen molar-refractivity contribution in [1.82, 2.24) is 15.0 Å². The zero-order valence-electron chi connectivity index (χ0n) is 19.3. The minimum absolute atomic E-state index is 0.0906. The van der Waals surface area contributed by atoms with Gasteiger partial charge in [-0.3, -0.25) is 9.59 Å². The van der Waals surface area contributed by atoms with Crippen LogP contribution in [0.3, 0.4) is 0 Å². The quantitative estimate of drug-likeness (QED) is 0.483. The summed E-state index contributed by atoms with van der Waals surface area (Å²) in [7, 11) is 0. The van der Waals surface area contributed by atoms with E-state index in [2.05, 4.69) is 15.5 Å². The van der Waals surface area contributed by atoms with Gasteiger partial charge in [0.1, 0.15) is 30.5 Å². The Labute approximate surface area is 201 Å². The number of hydrogen-bond donors (Lipinski definition) is 1. The van der Waals surface area contributed by atoms with Crippen molar-refractivity contribution in [2.75, 3.05) is 31.6 Å². The van der Waals surface area contributed by atoms with Gasteiger partial charge in [0.05, 0.1) is 11.3 Å². The Morgan fingerprint density at radius 2 is 1.94 bits per heavy atom. The number of pyridine rings is 1. The number of nitrogens with one attached hydrogen (secondary N) is 1. The van der Waals surface area contributed by atoms with Crippen molar-refractivity contribution < 1.29 is 23.6 Å². The molecule has 0 spiro atoms. The van der Waals surface area contributed by atoms with Crippen molar-refractivity contribution in [2.24, 2.45) is 0 Å². The zero-order chi connectivity index (χ0) is 24.1. The van der Waals surface area contributed by atoms with Crippen LogP contribution in [0.4, 0.5) is 5.69 Å². The van der Waals surface area contributed by atoms with Gasteiger partial charge in [0, 0.05) is 35.8 Å². The highest BCUT2D eigenvalue weighted by atomic mass is 32.2. The predicted molar refractivity (Wildman–Crippen MR) is 127 cm³/mol. The number of thioether (sulfide) groups is 1. The standard InChI is InChI=1S/C24H26N4O5S/c1-4-28(13-22(29)26-17-7-8-20-21(12-17)32-11-10-31-20)24(30)18-6-5-9-25-23(18)34-14-19-15(2)27-33-16(19)3/h5-9,12H,4,10-11,13-14H2,1-3H3,(H,26,29). The van der Waals surface area contributed by atoms with Gasteiger partial charge in [-0.1, -0.05) is 5.16 Å². The SMILES string of the molecule is CCN(CC(=O)Nc1ccc2c(c1)OCCO2)C(=O)c1cccnc1SCc1c(C)noc1C. The molecule has 4 rings (SSSR count). The van der Waals surface area contributed by atoms with Gasteiger partial charge in [-0.05, 0) is 45.0 Å². The van der Waals surface area contributed by atoms with E-state index in [0.29, 0.717) is 53.3 Å². The number of carbonyl (C=O) groups excluding carboxylic acids is 2. The summed E-state index contributed by atoms with van der Waals surface area (Å²) in [5.74, 6) is 2.00. The molecule has 1 N–H and O–H groups in total. The molecule has 34 heavy (non-hydrogen) atoms. The molecule has 1 aliphatic rings. The molecule has 0 fully saturated rings. The molecule has 9 nitrogen and oxygen atoms in total. The van der Waals surface area contributed by atoms with Crippen LogP contribution in [0.15, 0.2) is 46.1 Å². The highest BCUT2D eigenvalue weighted by Gasteiger charge is 2.22. The van der Waals surface area contributed by atoms with Crippen molar-refractivity contribution in [3.63, 3.8) is 0 Å². The van der Waals surface area contributed by atoms with Gasteiger partial charge >= 0.3 is 0 Å². The summed E-state index contributed by atoms with van der Waals surface area (Å²) in [6.45, 7) is 6.82. The van der Waals surface area contributed by atoms with Gasteiger partial charge in [0.15, 0.2) is 11.5 Å². The fraction of sp³-hybridized carbons (Fsp3) is 0.333. The van der Waals surface area contributed by atoms with Gasteiger partial charge < -0.3 is 24.2 Å². The van der Waals surface area contributed by atoms with E-state index in [-0.39, 0.29) is 18.4 Å². The number of likely N-dealkylation sites (N-methyl/N-ethyl adjacent to an activating group) is 1. The van der Waals surface area contributed by atoms with Crippen LogP contribution in [-0.2, 0) is 10.5 Å². The molecule has 1 aromatic carbocycles. The number of rotatable bonds is 8. The molecular formula is C24H26N4O5S. The van der Waals surface area contributed by atoms with Crippen molar-refractivity contribution in [2.45, 2.75) is 31.6 Å². The molecule has 0 aliphatic carbocycles. The van der Waals surface area contributed by atoms with E-state index in [1.165, 1.54) is 16.7 Å². The molecule has 2 amide bonds. The first-order valence-corrected chi connectivity index (χ1v) is 11.9. The molecule has 10 heteroatoms. The minimum atomic E-state index is -0.305. The number of hydrogen-bond acceptors (Lipinski definition) is 8. The van der Waals surface area contributed by atoms with Crippen LogP contribution < -0.4 is 14.8 Å². The van der Waals surface area contributed by atoms with E-state index in [1.54, 1.807) is 36.5 Å². The molecule has 1 aliphatic heterocycles. The Morgan fingerprint density at radius 1 is 1.15 bits per heavy atom. The number of aromatic nitrogens is 2. The Bertz CT molecular complexity index is 1180. The number of fused-ring (bicyclic) bond motifs is 1. The predicted octanol–water partition coefficient (Wildman–Crippen LogP) is 3.85. The van der Waals surface area contributed by atoms with Crippen molar-refractivity contribution in [1.29, 1.82) is 0 Å². The molecule has 0 saturated heterocycles. The number of carbonyl (C=O) groups is 2. The molecule has 0 bridgehead atoms. The van der Waals surface area contributed by atoms with Crippen LogP contribution in [0.2, 0.25) is 0 Å². The van der Waals surface area contributed by atoms with E-state index in [0.717, 1.165) is 17.0 Å². The molecule has 3 heterocycles. The second-order valence-electron chi connectivity index (χ2n) is 7.67. The molecule has 0 unspecified atom stereocenters. The van der Waals surface area contributed by atoms with Gasteiger partial charge in [-0.2, -0.15) is 0 Å². The van der Waals surface area contributed by atoms with E-state index in [1.807, 2.05) is 20.8 Å². The number of amides is 2. The zero-order valence-corrected chi connectivity index (χ0v) is 20.1. The summed E-state index contributed by atoms with van der Waals surface area (Å²) >= 11 is 1.44. The molecule has 2 aromatic heterocycles. The fourth-order valence-electron chi connectivity index (χ4n) is 3.51. The lowest BCUT2D eigenvalue weighted by Gasteiger charge is -2.22. The van der Waals surface area contributed by atoms with Crippen LogP contribution in [0.25, 0.3) is 0 Å². The van der Waals surface area contributed by atoms with E-state index >= 15 is 0 Å². The number of benzene rings is 1. The first-order chi connectivity index (χ1) is 16.5. The molecule has 178 valence electrons. The lowest BCUT2D eigenvalue weighted by molar-refractivity contribution is -0.116. The Kier molecular flexibility index (Phi) is 7.36. The highest BCUT2D eigenvalue weighted by Crippen LogP contribution is 2.32. The van der Waals surface area contributed by atoms with Gasteiger partial charge in [-0.15, -0.1) is 11.8 Å². The van der Waals surface area contributed by atoms with Crippen LogP contribution in [0, 0.1) is 13.8 Å². The van der Waals surface area contributed by atoms with Crippen molar-refractivity contribution >= 4 is 29.3 Å². The minimum Gasteiger partial charge on any atom is -0.486 e. The fourth-order valence-corrected chi connectivity index (χ4v) is 4.65. The van der Waals surface area contributed by atoms with Gasteiger partial charge in [-0.25, -0.2) is 4.98 Å². The van der Waals surface area contributed by atoms with E-state index < -0.39 is 0 Å². The Hall–Kier alpha value is -3.53. The smallest absolute Gasteiger partial charge is 0.257 e. The maximum Gasteiger partial charge on any atom is 0.257 e. The third kappa shape index (κ3) is 5.33. The van der Waals surface area contributed by atoms with E-state index in [9.17, 15) is 9.59 Å². The Morgan fingerprint density at radius 3 is 2.68 bits per heavy atom. The average Bonchev–Trinajstić information content (AvgIpc) is 3.17. The summed E-state index contributed by atoms with van der Waals surface area (Å²) in [5, 5.41) is 7.40. The van der Waals surface area contributed by atoms with Gasteiger partial charge in [0.2, 0.25) is 5.91 Å². The summed E-state index contributed by atoms with van der Waals surface area (Å²) in [4.78, 5) is 31.9. The van der Waals surface area contributed by atoms with Crippen LogP contribution in [0.5, 0.6) is 11.5 Å². The van der Waals surface area contributed by atoms with E-state index in [4.69, 9.17) is 14.0 Å². The third-order valence-electron chi connectivity index (χ3n) is 5.37.